The zero-order valence-corrected chi connectivity index (χ0v) is 16.3. The summed E-state index contributed by atoms with van der Waals surface area (Å²) in [6, 6.07) is 14.9. The fourth-order valence-electron chi connectivity index (χ4n) is 2.83. The summed E-state index contributed by atoms with van der Waals surface area (Å²) in [6.45, 7) is -0.393. The van der Waals surface area contributed by atoms with Crippen molar-refractivity contribution in [3.05, 3.63) is 65.7 Å². The Balaban J connectivity index is 1.35. The van der Waals surface area contributed by atoms with Gasteiger partial charge in [0.1, 0.15) is 5.75 Å². The Hall–Kier alpha value is -3.65. The number of aromatic amines is 1. The van der Waals surface area contributed by atoms with E-state index in [-0.39, 0.29) is 0 Å². The molecule has 4 aromatic rings. The first kappa shape index (κ1) is 18.7. The summed E-state index contributed by atoms with van der Waals surface area (Å²) in [6.07, 6.45) is 1.58. The Kier molecular flexibility index (Phi) is 5.26. The predicted octanol–water partition coefficient (Wildman–Crippen LogP) is 4.10. The minimum absolute atomic E-state index is 0.393. The molecule has 0 atom stereocenters. The first-order valence-corrected chi connectivity index (χ1v) is 9.65. The van der Waals surface area contributed by atoms with Gasteiger partial charge < -0.3 is 14.5 Å². The van der Waals surface area contributed by atoms with E-state index in [0.717, 1.165) is 27.9 Å². The van der Waals surface area contributed by atoms with Gasteiger partial charge in [-0.2, -0.15) is 0 Å². The molecular weight excluding hydrogens is 390 g/mol. The van der Waals surface area contributed by atoms with Crippen molar-refractivity contribution in [2.24, 2.45) is 0 Å². The van der Waals surface area contributed by atoms with Crippen molar-refractivity contribution in [3.8, 4) is 17.0 Å². The monoisotopic (exact) mass is 407 g/mol. The molecule has 29 heavy (non-hydrogen) atoms. The maximum atomic E-state index is 12.3. The van der Waals surface area contributed by atoms with Crippen LogP contribution in [-0.2, 0) is 9.53 Å². The molecule has 0 unspecified atom stereocenters. The summed E-state index contributed by atoms with van der Waals surface area (Å²) in [4.78, 5) is 31.8. The summed E-state index contributed by atoms with van der Waals surface area (Å²) < 4.78 is 10.3. The van der Waals surface area contributed by atoms with Crippen LogP contribution in [0.2, 0.25) is 0 Å². The van der Waals surface area contributed by atoms with Gasteiger partial charge in [0.05, 0.1) is 18.4 Å². The fourth-order valence-corrected chi connectivity index (χ4v) is 3.57. The number of nitrogens with one attached hydrogen (secondary N) is 2. The van der Waals surface area contributed by atoms with Gasteiger partial charge in [0, 0.05) is 28.0 Å². The molecule has 8 heteroatoms. The maximum absolute atomic E-state index is 12.3. The largest absolute Gasteiger partial charge is 0.497 e. The van der Waals surface area contributed by atoms with Gasteiger partial charge in [-0.3, -0.25) is 10.1 Å². The van der Waals surface area contributed by atoms with E-state index in [4.69, 9.17) is 9.47 Å². The molecular formula is C21H17N3O4S. The first-order chi connectivity index (χ1) is 14.1. The molecule has 7 nitrogen and oxygen atoms in total. The summed E-state index contributed by atoms with van der Waals surface area (Å²) in [5, 5.41) is 5.68. The van der Waals surface area contributed by atoms with Crippen LogP contribution in [0.25, 0.3) is 22.2 Å². The summed E-state index contributed by atoms with van der Waals surface area (Å²) in [5.74, 6) is -0.251. The number of para-hydroxylation sites is 1. The molecule has 0 aliphatic carbocycles. The number of fused-ring (bicyclic) bond motifs is 1. The summed E-state index contributed by atoms with van der Waals surface area (Å²) in [7, 11) is 1.61. The number of ether oxygens (including phenoxy) is 2. The van der Waals surface area contributed by atoms with Gasteiger partial charge in [-0.25, -0.2) is 9.78 Å². The van der Waals surface area contributed by atoms with Crippen molar-refractivity contribution >= 4 is 39.2 Å². The van der Waals surface area contributed by atoms with Crippen LogP contribution >= 0.6 is 11.3 Å². The minimum atomic E-state index is -0.560. The van der Waals surface area contributed by atoms with E-state index >= 15 is 0 Å². The second kappa shape index (κ2) is 8.15. The highest BCUT2D eigenvalue weighted by Crippen LogP contribution is 2.26. The molecule has 0 aliphatic rings. The zero-order chi connectivity index (χ0) is 20.2. The highest BCUT2D eigenvalue weighted by atomic mass is 32.1. The van der Waals surface area contributed by atoms with E-state index in [1.807, 2.05) is 53.9 Å². The Morgan fingerprint density at radius 3 is 2.72 bits per heavy atom. The third kappa shape index (κ3) is 4.12. The molecule has 2 aromatic carbocycles. The number of amides is 1. The standard InChI is InChI=1S/C21H17N3O4S/c1-27-14-8-6-13(7-9-14)18-12-29-21(23-18)24-19(25)11-28-20(26)16-10-22-17-5-3-2-4-15(16)17/h2-10,12,22H,11H2,1H3,(H,23,24,25). The van der Waals surface area contributed by atoms with Crippen molar-refractivity contribution in [2.45, 2.75) is 0 Å². The topological polar surface area (TPSA) is 93.3 Å². The smallest absolute Gasteiger partial charge is 0.340 e. The van der Waals surface area contributed by atoms with Gasteiger partial charge in [-0.05, 0) is 30.3 Å². The number of hydrogen-bond acceptors (Lipinski definition) is 6. The van der Waals surface area contributed by atoms with Gasteiger partial charge in [-0.1, -0.05) is 18.2 Å². The summed E-state index contributed by atoms with van der Waals surface area (Å²) in [5.41, 5.74) is 2.87. The number of H-pyrrole nitrogens is 1. The molecule has 0 fully saturated rings. The fraction of sp³-hybridized carbons (Fsp3) is 0.0952. The van der Waals surface area contributed by atoms with Crippen LogP contribution in [0, 0.1) is 0 Å². The molecule has 0 aliphatic heterocycles. The van der Waals surface area contributed by atoms with Gasteiger partial charge in [0.15, 0.2) is 11.7 Å². The third-order valence-corrected chi connectivity index (χ3v) is 5.04. The average Bonchev–Trinajstić information content (AvgIpc) is 3.39. The number of thiazole rings is 1. The van der Waals surface area contributed by atoms with Crippen molar-refractivity contribution < 1.29 is 19.1 Å². The van der Waals surface area contributed by atoms with Crippen molar-refractivity contribution in [2.75, 3.05) is 19.0 Å². The molecule has 0 bridgehead atoms. The van der Waals surface area contributed by atoms with Crippen molar-refractivity contribution in [3.63, 3.8) is 0 Å². The van der Waals surface area contributed by atoms with Crippen LogP contribution in [-0.4, -0.2) is 35.6 Å². The van der Waals surface area contributed by atoms with Crippen LogP contribution in [0.15, 0.2) is 60.1 Å². The quantitative estimate of drug-likeness (QED) is 0.470. The number of methoxy groups -OCH3 is 1. The highest BCUT2D eigenvalue weighted by Gasteiger charge is 2.15. The molecule has 0 saturated heterocycles. The zero-order valence-electron chi connectivity index (χ0n) is 15.5. The molecule has 4 rings (SSSR count). The first-order valence-electron chi connectivity index (χ1n) is 8.77. The SMILES string of the molecule is COc1ccc(-c2csc(NC(=O)COC(=O)c3c[nH]c4ccccc34)n2)cc1. The lowest BCUT2D eigenvalue weighted by Gasteiger charge is -2.04. The number of hydrogen-bond donors (Lipinski definition) is 2. The number of anilines is 1. The van der Waals surface area contributed by atoms with Crippen LogP contribution in [0.3, 0.4) is 0 Å². The van der Waals surface area contributed by atoms with Crippen LogP contribution in [0.5, 0.6) is 5.75 Å². The normalized spacial score (nSPS) is 10.7. The van der Waals surface area contributed by atoms with Gasteiger partial charge >= 0.3 is 5.97 Å². The number of rotatable bonds is 6. The number of carbonyl (C=O) groups is 2. The molecule has 146 valence electrons. The lowest BCUT2D eigenvalue weighted by Crippen LogP contribution is -2.20. The van der Waals surface area contributed by atoms with E-state index in [2.05, 4.69) is 15.3 Å². The number of esters is 1. The van der Waals surface area contributed by atoms with Crippen LogP contribution < -0.4 is 10.1 Å². The van der Waals surface area contributed by atoms with Crippen molar-refractivity contribution in [1.82, 2.24) is 9.97 Å². The lowest BCUT2D eigenvalue weighted by atomic mass is 10.2. The molecule has 0 spiro atoms. The number of aromatic nitrogens is 2. The van der Waals surface area contributed by atoms with E-state index in [1.165, 1.54) is 11.3 Å². The number of carbonyl (C=O) groups excluding carboxylic acids is 2. The molecule has 2 N–H and O–H groups in total. The second-order valence-electron chi connectivity index (χ2n) is 6.14. The molecule has 0 saturated carbocycles. The lowest BCUT2D eigenvalue weighted by molar-refractivity contribution is -0.119. The van der Waals surface area contributed by atoms with Crippen molar-refractivity contribution in [1.29, 1.82) is 0 Å². The molecule has 2 aromatic heterocycles. The van der Waals surface area contributed by atoms with E-state index in [1.54, 1.807) is 13.3 Å². The second-order valence-corrected chi connectivity index (χ2v) is 7.00. The van der Waals surface area contributed by atoms with E-state index in [0.29, 0.717) is 10.7 Å². The van der Waals surface area contributed by atoms with E-state index < -0.39 is 18.5 Å². The molecule has 1 amide bonds. The predicted molar refractivity (Wildman–Crippen MR) is 111 cm³/mol. The third-order valence-electron chi connectivity index (χ3n) is 4.28. The van der Waals surface area contributed by atoms with Gasteiger partial charge in [0.25, 0.3) is 5.91 Å². The molecule has 0 radical (unpaired) electrons. The van der Waals surface area contributed by atoms with Crippen LogP contribution in [0.1, 0.15) is 10.4 Å². The van der Waals surface area contributed by atoms with E-state index in [9.17, 15) is 9.59 Å². The highest BCUT2D eigenvalue weighted by molar-refractivity contribution is 7.14. The Morgan fingerprint density at radius 1 is 1.14 bits per heavy atom. The van der Waals surface area contributed by atoms with Gasteiger partial charge in [0.2, 0.25) is 0 Å². The maximum Gasteiger partial charge on any atom is 0.340 e. The molecule has 2 heterocycles. The number of nitrogens with zero attached hydrogens (tertiary/aromatic N) is 1. The minimum Gasteiger partial charge on any atom is -0.497 e. The summed E-state index contributed by atoms with van der Waals surface area (Å²) >= 11 is 1.30. The Labute approximate surface area is 170 Å². The number of benzene rings is 2. The van der Waals surface area contributed by atoms with Gasteiger partial charge in [-0.15, -0.1) is 11.3 Å². The Morgan fingerprint density at radius 2 is 1.93 bits per heavy atom. The Bertz CT molecular complexity index is 1160. The van der Waals surface area contributed by atoms with Crippen LogP contribution in [0.4, 0.5) is 5.13 Å². The average molecular weight is 407 g/mol.